The normalized spacial score (nSPS) is 22.3. The maximum Gasteiger partial charge on any atom is 0.256 e. The molecule has 1 amide bonds. The van der Waals surface area contributed by atoms with E-state index in [0.717, 1.165) is 6.42 Å². The standard InChI is InChI=1S/C12H16FN3O/c1-7-5-8(7)6-16(2)12(17)9-3-4-15-11(14)10(9)13/h3-4,7-8H,5-6H2,1-2H3,(H2,14,15). The molecule has 1 aliphatic rings. The third-order valence-corrected chi connectivity index (χ3v) is 3.28. The summed E-state index contributed by atoms with van der Waals surface area (Å²) in [6.45, 7) is 2.82. The Bertz CT molecular complexity index is 449. The topological polar surface area (TPSA) is 59.2 Å². The quantitative estimate of drug-likeness (QED) is 0.867. The predicted octanol–water partition coefficient (Wildman–Crippen LogP) is 1.53. The van der Waals surface area contributed by atoms with Crippen LogP contribution in [0.4, 0.5) is 10.2 Å². The van der Waals surface area contributed by atoms with Gasteiger partial charge in [0.1, 0.15) is 0 Å². The Morgan fingerprint density at radius 2 is 2.35 bits per heavy atom. The average molecular weight is 237 g/mol. The lowest BCUT2D eigenvalue weighted by Crippen LogP contribution is -2.30. The van der Waals surface area contributed by atoms with Crippen molar-refractivity contribution in [3.8, 4) is 0 Å². The summed E-state index contributed by atoms with van der Waals surface area (Å²) in [6, 6.07) is 1.36. The van der Waals surface area contributed by atoms with Gasteiger partial charge in [0.15, 0.2) is 11.6 Å². The molecule has 92 valence electrons. The number of carbonyl (C=O) groups is 1. The number of rotatable bonds is 3. The van der Waals surface area contributed by atoms with Gasteiger partial charge in [-0.2, -0.15) is 0 Å². The number of aromatic nitrogens is 1. The highest BCUT2D eigenvalue weighted by Crippen LogP contribution is 2.38. The van der Waals surface area contributed by atoms with Crippen molar-refractivity contribution < 1.29 is 9.18 Å². The van der Waals surface area contributed by atoms with Crippen molar-refractivity contribution in [3.05, 3.63) is 23.6 Å². The molecular formula is C12H16FN3O. The van der Waals surface area contributed by atoms with Crippen LogP contribution in [-0.4, -0.2) is 29.4 Å². The predicted molar refractivity (Wildman–Crippen MR) is 62.8 cm³/mol. The fraction of sp³-hybridized carbons (Fsp3) is 0.500. The second kappa shape index (κ2) is 4.31. The van der Waals surface area contributed by atoms with E-state index < -0.39 is 5.82 Å². The van der Waals surface area contributed by atoms with Crippen LogP contribution in [0, 0.1) is 17.7 Å². The highest BCUT2D eigenvalue weighted by molar-refractivity contribution is 5.94. The molecule has 1 aromatic heterocycles. The Balaban J connectivity index is 2.10. The number of hydrogen-bond acceptors (Lipinski definition) is 3. The van der Waals surface area contributed by atoms with E-state index in [1.54, 1.807) is 11.9 Å². The van der Waals surface area contributed by atoms with Gasteiger partial charge in [0.25, 0.3) is 5.91 Å². The number of amides is 1. The molecular weight excluding hydrogens is 221 g/mol. The number of hydrogen-bond donors (Lipinski definition) is 1. The average Bonchev–Trinajstić information content (AvgIpc) is 2.97. The van der Waals surface area contributed by atoms with Crippen molar-refractivity contribution in [2.45, 2.75) is 13.3 Å². The second-order valence-corrected chi connectivity index (χ2v) is 4.72. The zero-order valence-corrected chi connectivity index (χ0v) is 9.98. The second-order valence-electron chi connectivity index (χ2n) is 4.72. The van der Waals surface area contributed by atoms with Gasteiger partial charge in [0, 0.05) is 19.8 Å². The molecule has 2 atom stereocenters. The van der Waals surface area contributed by atoms with Crippen molar-refractivity contribution >= 4 is 11.7 Å². The van der Waals surface area contributed by atoms with Crippen LogP contribution in [0.25, 0.3) is 0 Å². The van der Waals surface area contributed by atoms with Gasteiger partial charge in [0.05, 0.1) is 5.56 Å². The van der Waals surface area contributed by atoms with E-state index in [1.165, 1.54) is 12.3 Å². The van der Waals surface area contributed by atoms with Crippen LogP contribution in [0.1, 0.15) is 23.7 Å². The number of carbonyl (C=O) groups excluding carboxylic acids is 1. The first-order valence-electron chi connectivity index (χ1n) is 5.66. The van der Waals surface area contributed by atoms with Gasteiger partial charge in [-0.15, -0.1) is 0 Å². The van der Waals surface area contributed by atoms with E-state index in [1.807, 2.05) is 0 Å². The molecule has 1 aliphatic carbocycles. The lowest BCUT2D eigenvalue weighted by atomic mass is 10.2. The molecule has 1 heterocycles. The van der Waals surface area contributed by atoms with Crippen molar-refractivity contribution in [2.75, 3.05) is 19.3 Å². The van der Waals surface area contributed by atoms with E-state index in [0.29, 0.717) is 18.4 Å². The minimum absolute atomic E-state index is 0.00620. The third-order valence-electron chi connectivity index (χ3n) is 3.28. The van der Waals surface area contributed by atoms with Crippen molar-refractivity contribution in [2.24, 2.45) is 11.8 Å². The first-order valence-corrected chi connectivity index (χ1v) is 5.66. The van der Waals surface area contributed by atoms with Gasteiger partial charge < -0.3 is 10.6 Å². The van der Waals surface area contributed by atoms with Crippen LogP contribution >= 0.6 is 0 Å². The highest BCUT2D eigenvalue weighted by atomic mass is 19.1. The summed E-state index contributed by atoms with van der Waals surface area (Å²) in [5.41, 5.74) is 5.33. The molecule has 17 heavy (non-hydrogen) atoms. The maximum absolute atomic E-state index is 13.6. The monoisotopic (exact) mass is 237 g/mol. The molecule has 2 rings (SSSR count). The van der Waals surface area contributed by atoms with Gasteiger partial charge in [-0.1, -0.05) is 6.92 Å². The zero-order valence-electron chi connectivity index (χ0n) is 9.98. The zero-order chi connectivity index (χ0) is 12.6. The van der Waals surface area contributed by atoms with E-state index in [2.05, 4.69) is 11.9 Å². The largest absolute Gasteiger partial charge is 0.381 e. The molecule has 0 spiro atoms. The van der Waals surface area contributed by atoms with Crippen molar-refractivity contribution in [1.29, 1.82) is 0 Å². The minimum atomic E-state index is -0.729. The number of nitrogens with two attached hydrogens (primary N) is 1. The van der Waals surface area contributed by atoms with Crippen LogP contribution in [0.3, 0.4) is 0 Å². The van der Waals surface area contributed by atoms with Gasteiger partial charge in [0.2, 0.25) is 0 Å². The molecule has 2 N–H and O–H groups in total. The summed E-state index contributed by atoms with van der Waals surface area (Å²) in [7, 11) is 1.68. The number of anilines is 1. The van der Waals surface area contributed by atoms with Crippen LogP contribution < -0.4 is 5.73 Å². The molecule has 0 saturated heterocycles. The molecule has 0 aromatic carbocycles. The smallest absolute Gasteiger partial charge is 0.256 e. The third kappa shape index (κ3) is 2.38. The van der Waals surface area contributed by atoms with Gasteiger partial charge in [-0.25, -0.2) is 9.37 Å². The molecule has 5 heteroatoms. The van der Waals surface area contributed by atoms with Crippen LogP contribution in [0.15, 0.2) is 12.3 Å². The molecule has 2 unspecified atom stereocenters. The lowest BCUT2D eigenvalue weighted by molar-refractivity contribution is 0.0782. The first-order chi connectivity index (χ1) is 8.00. The molecule has 1 saturated carbocycles. The van der Waals surface area contributed by atoms with E-state index in [4.69, 9.17) is 5.73 Å². The molecule has 0 bridgehead atoms. The van der Waals surface area contributed by atoms with Gasteiger partial charge in [-0.3, -0.25) is 4.79 Å². The minimum Gasteiger partial charge on any atom is -0.381 e. The number of pyridine rings is 1. The summed E-state index contributed by atoms with van der Waals surface area (Å²) in [5, 5.41) is 0. The molecule has 0 radical (unpaired) electrons. The lowest BCUT2D eigenvalue weighted by Gasteiger charge is -2.17. The van der Waals surface area contributed by atoms with Crippen molar-refractivity contribution in [3.63, 3.8) is 0 Å². The first kappa shape index (κ1) is 11.8. The summed E-state index contributed by atoms with van der Waals surface area (Å²) in [4.78, 5) is 17.1. The van der Waals surface area contributed by atoms with Crippen LogP contribution in [0.2, 0.25) is 0 Å². The number of nitrogen functional groups attached to an aromatic ring is 1. The van der Waals surface area contributed by atoms with Crippen LogP contribution in [-0.2, 0) is 0 Å². The Morgan fingerprint density at radius 3 is 2.94 bits per heavy atom. The fourth-order valence-electron chi connectivity index (χ4n) is 1.92. The maximum atomic E-state index is 13.6. The van der Waals surface area contributed by atoms with E-state index >= 15 is 0 Å². The van der Waals surface area contributed by atoms with Crippen LogP contribution in [0.5, 0.6) is 0 Å². The number of nitrogens with zero attached hydrogens (tertiary/aromatic N) is 2. The molecule has 1 fully saturated rings. The summed E-state index contributed by atoms with van der Waals surface area (Å²) >= 11 is 0. The molecule has 4 nitrogen and oxygen atoms in total. The molecule has 1 aromatic rings. The summed E-state index contributed by atoms with van der Waals surface area (Å²) in [5.74, 6) is -0.0864. The Labute approximate surface area is 99.6 Å². The summed E-state index contributed by atoms with van der Waals surface area (Å²) < 4.78 is 13.6. The van der Waals surface area contributed by atoms with Gasteiger partial charge >= 0.3 is 0 Å². The highest BCUT2D eigenvalue weighted by Gasteiger charge is 2.34. The van der Waals surface area contributed by atoms with Gasteiger partial charge in [-0.05, 0) is 24.3 Å². The Kier molecular flexibility index (Phi) is 3.00. The number of halogens is 1. The Hall–Kier alpha value is -1.65. The Morgan fingerprint density at radius 1 is 1.71 bits per heavy atom. The fourth-order valence-corrected chi connectivity index (χ4v) is 1.92. The van der Waals surface area contributed by atoms with Crippen molar-refractivity contribution in [1.82, 2.24) is 9.88 Å². The van der Waals surface area contributed by atoms with E-state index in [9.17, 15) is 9.18 Å². The van der Waals surface area contributed by atoms with E-state index in [-0.39, 0.29) is 17.3 Å². The SMILES string of the molecule is CC1CC1CN(C)C(=O)c1ccnc(N)c1F. The molecule has 0 aliphatic heterocycles. The summed E-state index contributed by atoms with van der Waals surface area (Å²) in [6.07, 6.45) is 2.48.